The summed E-state index contributed by atoms with van der Waals surface area (Å²) in [6.45, 7) is 3.38. The molecule has 1 aliphatic rings. The summed E-state index contributed by atoms with van der Waals surface area (Å²) in [7, 11) is 0. The summed E-state index contributed by atoms with van der Waals surface area (Å²) in [6, 6.07) is 3.89. The van der Waals surface area contributed by atoms with Gasteiger partial charge in [0.1, 0.15) is 4.99 Å². The van der Waals surface area contributed by atoms with Crippen LogP contribution in [0.15, 0.2) is 18.3 Å². The largest absolute Gasteiger partial charge is 0.388 e. The van der Waals surface area contributed by atoms with E-state index in [1.807, 2.05) is 12.1 Å². The molecule has 0 saturated heterocycles. The molecule has 1 aromatic rings. The zero-order valence-corrected chi connectivity index (χ0v) is 11.7. The van der Waals surface area contributed by atoms with Crippen LogP contribution >= 0.6 is 12.2 Å². The van der Waals surface area contributed by atoms with Crippen LogP contribution < -0.4 is 11.1 Å². The lowest BCUT2D eigenvalue weighted by Crippen LogP contribution is -2.29. The van der Waals surface area contributed by atoms with Gasteiger partial charge in [-0.2, -0.15) is 0 Å². The molecule has 0 aliphatic heterocycles. The van der Waals surface area contributed by atoms with E-state index in [9.17, 15) is 0 Å². The van der Waals surface area contributed by atoms with Crippen LogP contribution in [-0.4, -0.2) is 16.5 Å². The third-order valence-corrected chi connectivity index (χ3v) is 4.00. The standard InChI is InChI=1S/C14H21N3S/c1-14(6-3-2-4-7-14)10-17-11-5-8-16-12(9-11)13(15)18/h5,8-9H,2-4,6-7,10H2,1H3,(H2,15,18)(H,16,17). The van der Waals surface area contributed by atoms with E-state index in [-0.39, 0.29) is 0 Å². The average Bonchev–Trinajstić information content (AvgIpc) is 2.38. The zero-order chi connectivity index (χ0) is 13.0. The second-order valence-electron chi connectivity index (χ2n) is 5.52. The molecular weight excluding hydrogens is 242 g/mol. The highest BCUT2D eigenvalue weighted by atomic mass is 32.1. The fourth-order valence-electron chi connectivity index (χ4n) is 2.57. The first-order chi connectivity index (χ1) is 8.59. The second-order valence-corrected chi connectivity index (χ2v) is 5.96. The minimum Gasteiger partial charge on any atom is -0.388 e. The van der Waals surface area contributed by atoms with E-state index in [0.29, 0.717) is 16.1 Å². The predicted octanol–water partition coefficient (Wildman–Crippen LogP) is 3.10. The van der Waals surface area contributed by atoms with Gasteiger partial charge in [0.05, 0.1) is 5.69 Å². The molecule has 2 rings (SSSR count). The number of aromatic nitrogens is 1. The molecule has 18 heavy (non-hydrogen) atoms. The van der Waals surface area contributed by atoms with Crippen molar-refractivity contribution in [3.8, 4) is 0 Å². The Morgan fingerprint density at radius 1 is 1.44 bits per heavy atom. The number of pyridine rings is 1. The van der Waals surface area contributed by atoms with Crippen LogP contribution in [0.3, 0.4) is 0 Å². The summed E-state index contributed by atoms with van der Waals surface area (Å²) in [5.74, 6) is 0. The molecule has 4 heteroatoms. The summed E-state index contributed by atoms with van der Waals surface area (Å²) in [6.07, 6.45) is 8.47. The summed E-state index contributed by atoms with van der Waals surface area (Å²) in [4.78, 5) is 4.49. The van der Waals surface area contributed by atoms with E-state index in [4.69, 9.17) is 18.0 Å². The lowest BCUT2D eigenvalue weighted by Gasteiger charge is -2.34. The molecule has 1 aromatic heterocycles. The Morgan fingerprint density at radius 2 is 2.17 bits per heavy atom. The van der Waals surface area contributed by atoms with Gasteiger partial charge in [0.25, 0.3) is 0 Å². The van der Waals surface area contributed by atoms with E-state index in [1.165, 1.54) is 32.1 Å². The highest BCUT2D eigenvalue weighted by Crippen LogP contribution is 2.35. The van der Waals surface area contributed by atoms with E-state index < -0.39 is 0 Å². The molecule has 0 radical (unpaired) electrons. The fourth-order valence-corrected chi connectivity index (χ4v) is 2.68. The lowest BCUT2D eigenvalue weighted by molar-refractivity contribution is 0.233. The maximum Gasteiger partial charge on any atom is 0.122 e. The molecule has 1 heterocycles. The van der Waals surface area contributed by atoms with Crippen LogP contribution in [0.25, 0.3) is 0 Å². The highest BCUT2D eigenvalue weighted by molar-refractivity contribution is 7.80. The van der Waals surface area contributed by atoms with Gasteiger partial charge in [-0.15, -0.1) is 0 Å². The van der Waals surface area contributed by atoms with Crippen molar-refractivity contribution in [3.63, 3.8) is 0 Å². The van der Waals surface area contributed by atoms with Gasteiger partial charge in [-0.3, -0.25) is 4.98 Å². The molecule has 1 aliphatic carbocycles. The first-order valence-electron chi connectivity index (χ1n) is 6.59. The number of rotatable bonds is 4. The monoisotopic (exact) mass is 263 g/mol. The molecule has 1 saturated carbocycles. The van der Waals surface area contributed by atoms with Crippen LogP contribution in [0.2, 0.25) is 0 Å². The van der Waals surface area contributed by atoms with Crippen LogP contribution in [0, 0.1) is 5.41 Å². The van der Waals surface area contributed by atoms with Gasteiger partial charge in [-0.25, -0.2) is 0 Å². The van der Waals surface area contributed by atoms with Gasteiger partial charge in [0.2, 0.25) is 0 Å². The van der Waals surface area contributed by atoms with Crippen LogP contribution in [-0.2, 0) is 0 Å². The number of nitrogens with zero attached hydrogens (tertiary/aromatic N) is 1. The molecular formula is C14H21N3S. The zero-order valence-electron chi connectivity index (χ0n) is 10.9. The smallest absolute Gasteiger partial charge is 0.122 e. The molecule has 0 aromatic carbocycles. The number of thiocarbonyl (C=S) groups is 1. The second kappa shape index (κ2) is 5.65. The molecule has 0 atom stereocenters. The van der Waals surface area contributed by atoms with E-state index >= 15 is 0 Å². The Hall–Kier alpha value is -1.16. The summed E-state index contributed by atoms with van der Waals surface area (Å²) < 4.78 is 0. The SMILES string of the molecule is CC1(CNc2ccnc(C(N)=S)c2)CCCCC1. The molecule has 1 fully saturated rings. The van der Waals surface area contributed by atoms with Crippen molar-refractivity contribution in [2.24, 2.45) is 11.1 Å². The molecule has 3 N–H and O–H groups in total. The van der Waals surface area contributed by atoms with Crippen LogP contribution in [0.5, 0.6) is 0 Å². The van der Waals surface area contributed by atoms with Gasteiger partial charge in [0, 0.05) is 18.4 Å². The Kier molecular flexibility index (Phi) is 4.17. The lowest BCUT2D eigenvalue weighted by atomic mass is 9.76. The normalized spacial score (nSPS) is 18.3. The van der Waals surface area contributed by atoms with Gasteiger partial charge in [-0.1, -0.05) is 38.4 Å². The minimum atomic E-state index is 0.350. The molecule has 0 unspecified atom stereocenters. The van der Waals surface area contributed by atoms with E-state index in [2.05, 4.69) is 17.2 Å². The van der Waals surface area contributed by atoms with Crippen LogP contribution in [0.1, 0.15) is 44.7 Å². The van der Waals surface area contributed by atoms with Crippen molar-refractivity contribution < 1.29 is 0 Å². The van der Waals surface area contributed by atoms with Gasteiger partial charge >= 0.3 is 0 Å². The highest BCUT2D eigenvalue weighted by Gasteiger charge is 2.26. The van der Waals surface area contributed by atoms with Crippen molar-refractivity contribution in [2.75, 3.05) is 11.9 Å². The van der Waals surface area contributed by atoms with Crippen molar-refractivity contribution >= 4 is 22.9 Å². The topological polar surface area (TPSA) is 50.9 Å². The van der Waals surface area contributed by atoms with E-state index in [1.54, 1.807) is 6.20 Å². The van der Waals surface area contributed by atoms with Crippen molar-refractivity contribution in [3.05, 3.63) is 24.0 Å². The molecule has 0 spiro atoms. The first kappa shape index (κ1) is 13.3. The summed E-state index contributed by atoms with van der Waals surface area (Å²) in [5.41, 5.74) is 7.75. The van der Waals surface area contributed by atoms with Crippen molar-refractivity contribution in [1.82, 2.24) is 4.98 Å². The average molecular weight is 263 g/mol. The van der Waals surface area contributed by atoms with Crippen LogP contribution in [0.4, 0.5) is 5.69 Å². The molecule has 0 amide bonds. The molecule has 98 valence electrons. The first-order valence-corrected chi connectivity index (χ1v) is 7.00. The van der Waals surface area contributed by atoms with Crippen molar-refractivity contribution in [1.29, 1.82) is 0 Å². The molecule has 3 nitrogen and oxygen atoms in total. The minimum absolute atomic E-state index is 0.350. The van der Waals surface area contributed by atoms with Gasteiger partial charge in [0.15, 0.2) is 0 Å². The van der Waals surface area contributed by atoms with Gasteiger partial charge < -0.3 is 11.1 Å². The summed E-state index contributed by atoms with van der Waals surface area (Å²) in [5, 5.41) is 3.49. The predicted molar refractivity (Wildman–Crippen MR) is 79.8 cm³/mol. The van der Waals surface area contributed by atoms with E-state index in [0.717, 1.165) is 12.2 Å². The number of anilines is 1. The Labute approximate surface area is 114 Å². The maximum atomic E-state index is 5.59. The third-order valence-electron chi connectivity index (χ3n) is 3.79. The number of nitrogens with two attached hydrogens (primary N) is 1. The summed E-state index contributed by atoms with van der Waals surface area (Å²) >= 11 is 4.94. The Morgan fingerprint density at radius 3 is 2.83 bits per heavy atom. The van der Waals surface area contributed by atoms with Gasteiger partial charge in [-0.05, 0) is 30.4 Å². The molecule has 0 bridgehead atoms. The number of hydrogen-bond donors (Lipinski definition) is 2. The maximum absolute atomic E-state index is 5.59. The number of hydrogen-bond acceptors (Lipinski definition) is 3. The quantitative estimate of drug-likeness (QED) is 0.820. The third kappa shape index (κ3) is 3.42. The fraction of sp³-hybridized carbons (Fsp3) is 0.571. The van der Waals surface area contributed by atoms with Crippen molar-refractivity contribution in [2.45, 2.75) is 39.0 Å². The number of nitrogens with one attached hydrogen (secondary N) is 1. The Balaban J connectivity index is 1.97. The Bertz CT molecular complexity index is 425.